The first-order valence-corrected chi connectivity index (χ1v) is 8.56. The van der Waals surface area contributed by atoms with Gasteiger partial charge in [0.25, 0.3) is 10.0 Å². The fraction of sp³-hybridized carbons (Fsp3) is 0.692. The molecule has 0 saturated carbocycles. The summed E-state index contributed by atoms with van der Waals surface area (Å²) in [4.78, 5) is 17.2. The summed E-state index contributed by atoms with van der Waals surface area (Å²) in [5.74, 6) is -0.0531. The van der Waals surface area contributed by atoms with Gasteiger partial charge in [0.05, 0.1) is 6.20 Å². The number of carbonyl (C=O) groups is 1. The molecular weight excluding hydrogens is 294 g/mol. The Kier molecular flexibility index (Phi) is 6.83. The second-order valence-corrected chi connectivity index (χ2v) is 6.84. The highest BCUT2D eigenvalue weighted by Gasteiger charge is 2.17. The van der Waals surface area contributed by atoms with Crippen LogP contribution in [0.1, 0.15) is 44.9 Å². The summed E-state index contributed by atoms with van der Waals surface area (Å²) in [5, 5.41) is 8.77. The maximum absolute atomic E-state index is 12.0. The lowest BCUT2D eigenvalue weighted by Crippen LogP contribution is -2.26. The van der Waals surface area contributed by atoms with Gasteiger partial charge >= 0.3 is 5.97 Å². The first kappa shape index (κ1) is 17.6. The van der Waals surface area contributed by atoms with E-state index in [-0.39, 0.29) is 17.4 Å². The molecule has 1 atom stereocenters. The fourth-order valence-electron chi connectivity index (χ4n) is 2.18. The van der Waals surface area contributed by atoms with Crippen molar-refractivity contribution in [2.75, 3.05) is 6.54 Å². The number of carboxylic acids is 1. The van der Waals surface area contributed by atoms with Crippen LogP contribution in [0.25, 0.3) is 0 Å². The van der Waals surface area contributed by atoms with Gasteiger partial charge in [-0.3, -0.25) is 4.79 Å². The number of hydrogen-bond acceptors (Lipinski definition) is 4. The summed E-state index contributed by atoms with van der Waals surface area (Å²) in [6, 6.07) is 0. The van der Waals surface area contributed by atoms with E-state index in [1.54, 1.807) is 6.92 Å². The topological polar surface area (TPSA) is 112 Å². The molecule has 8 heteroatoms. The average Bonchev–Trinajstić information content (AvgIpc) is 2.83. The van der Waals surface area contributed by atoms with Gasteiger partial charge in [0.15, 0.2) is 5.03 Å². The first-order chi connectivity index (χ1) is 9.85. The number of sulfonamides is 1. The number of H-pyrrole nitrogens is 1. The van der Waals surface area contributed by atoms with Gasteiger partial charge in [0.2, 0.25) is 0 Å². The summed E-state index contributed by atoms with van der Waals surface area (Å²) >= 11 is 0. The summed E-state index contributed by atoms with van der Waals surface area (Å²) in [6.07, 6.45) is 4.47. The van der Waals surface area contributed by atoms with Crippen molar-refractivity contribution in [3.05, 3.63) is 12.0 Å². The molecule has 0 aliphatic heterocycles. The van der Waals surface area contributed by atoms with Crippen LogP contribution in [-0.4, -0.2) is 36.0 Å². The van der Waals surface area contributed by atoms with Crippen LogP contribution < -0.4 is 4.72 Å². The SMILES string of the molecule is CCCC(CCNS(=O)(=O)c1cnc(C)[nH]1)CCC(=O)O. The minimum absolute atomic E-state index is 0.0533. The van der Waals surface area contributed by atoms with Crippen molar-refractivity contribution in [1.29, 1.82) is 0 Å². The number of aryl methyl sites for hydroxylation is 1. The molecule has 0 fully saturated rings. The Bertz CT molecular complexity index is 554. The van der Waals surface area contributed by atoms with Gasteiger partial charge in [-0.25, -0.2) is 18.1 Å². The van der Waals surface area contributed by atoms with Crippen molar-refractivity contribution >= 4 is 16.0 Å². The third kappa shape index (κ3) is 6.26. The van der Waals surface area contributed by atoms with Gasteiger partial charge in [0.1, 0.15) is 5.82 Å². The van der Waals surface area contributed by atoms with E-state index in [4.69, 9.17) is 5.11 Å². The number of aromatic amines is 1. The highest BCUT2D eigenvalue weighted by molar-refractivity contribution is 7.89. The van der Waals surface area contributed by atoms with Crippen LogP contribution >= 0.6 is 0 Å². The molecule has 3 N–H and O–H groups in total. The molecule has 0 radical (unpaired) electrons. The number of hydrogen-bond donors (Lipinski definition) is 3. The number of nitrogens with one attached hydrogen (secondary N) is 2. The lowest BCUT2D eigenvalue weighted by Gasteiger charge is -2.15. The molecule has 0 bridgehead atoms. The van der Waals surface area contributed by atoms with E-state index in [1.807, 2.05) is 6.92 Å². The molecule has 0 spiro atoms. The molecule has 21 heavy (non-hydrogen) atoms. The predicted octanol–water partition coefficient (Wildman–Crippen LogP) is 1.67. The molecule has 1 unspecified atom stereocenters. The minimum Gasteiger partial charge on any atom is -0.481 e. The zero-order chi connectivity index (χ0) is 15.9. The van der Waals surface area contributed by atoms with Crippen LogP contribution in [0.15, 0.2) is 11.2 Å². The Labute approximate surface area is 125 Å². The molecule has 0 saturated heterocycles. The zero-order valence-corrected chi connectivity index (χ0v) is 13.2. The monoisotopic (exact) mass is 317 g/mol. The lowest BCUT2D eigenvalue weighted by molar-refractivity contribution is -0.137. The summed E-state index contributed by atoms with van der Waals surface area (Å²) < 4.78 is 26.5. The summed E-state index contributed by atoms with van der Waals surface area (Å²) in [5.41, 5.74) is 0. The average molecular weight is 317 g/mol. The number of aromatic nitrogens is 2. The number of nitrogens with zero attached hydrogens (tertiary/aromatic N) is 1. The fourth-order valence-corrected chi connectivity index (χ4v) is 3.19. The first-order valence-electron chi connectivity index (χ1n) is 7.08. The van der Waals surface area contributed by atoms with Gasteiger partial charge in [-0.2, -0.15) is 0 Å². The molecule has 7 nitrogen and oxygen atoms in total. The largest absolute Gasteiger partial charge is 0.481 e. The molecule has 1 heterocycles. The standard InChI is InChI=1S/C13H23N3O4S/c1-3-4-11(5-6-13(17)18)7-8-15-21(19,20)12-9-14-10(2)16-12/h9,11,15H,3-8H2,1-2H3,(H,14,16)(H,17,18). The van der Waals surface area contributed by atoms with Crippen molar-refractivity contribution in [3.63, 3.8) is 0 Å². The maximum Gasteiger partial charge on any atom is 0.303 e. The highest BCUT2D eigenvalue weighted by atomic mass is 32.2. The van der Waals surface area contributed by atoms with Crippen molar-refractivity contribution in [1.82, 2.24) is 14.7 Å². The van der Waals surface area contributed by atoms with Crippen LogP contribution in [0, 0.1) is 12.8 Å². The van der Waals surface area contributed by atoms with E-state index in [1.165, 1.54) is 6.20 Å². The third-order valence-corrected chi connectivity index (χ3v) is 4.65. The van der Waals surface area contributed by atoms with E-state index in [2.05, 4.69) is 14.7 Å². The lowest BCUT2D eigenvalue weighted by atomic mass is 9.95. The molecular formula is C13H23N3O4S. The van der Waals surface area contributed by atoms with Gasteiger partial charge < -0.3 is 10.1 Å². The number of imidazole rings is 1. The Hall–Kier alpha value is -1.41. The molecule has 1 aromatic rings. The number of aliphatic carboxylic acids is 1. The van der Waals surface area contributed by atoms with Crippen molar-refractivity contribution in [2.24, 2.45) is 5.92 Å². The van der Waals surface area contributed by atoms with Gasteiger partial charge in [0, 0.05) is 13.0 Å². The van der Waals surface area contributed by atoms with Crippen LogP contribution in [0.4, 0.5) is 0 Å². The second-order valence-electron chi connectivity index (χ2n) is 5.11. The van der Waals surface area contributed by atoms with Crippen molar-refractivity contribution < 1.29 is 18.3 Å². The Morgan fingerprint density at radius 1 is 1.43 bits per heavy atom. The Balaban J connectivity index is 2.47. The molecule has 0 aliphatic carbocycles. The quantitative estimate of drug-likeness (QED) is 0.607. The molecule has 0 aromatic carbocycles. The number of carboxylic acid groups (broad SMARTS) is 1. The molecule has 0 aliphatic rings. The third-order valence-electron chi connectivity index (χ3n) is 3.28. The van der Waals surface area contributed by atoms with Crippen LogP contribution in [0.5, 0.6) is 0 Å². The van der Waals surface area contributed by atoms with Crippen molar-refractivity contribution in [3.8, 4) is 0 Å². The van der Waals surface area contributed by atoms with E-state index in [0.29, 0.717) is 25.2 Å². The second kappa shape index (κ2) is 8.14. The molecule has 1 rings (SSSR count). The van der Waals surface area contributed by atoms with Gasteiger partial charge in [-0.05, 0) is 25.7 Å². The minimum atomic E-state index is -3.57. The molecule has 120 valence electrons. The number of rotatable bonds is 10. The Morgan fingerprint density at radius 2 is 2.14 bits per heavy atom. The van der Waals surface area contributed by atoms with Gasteiger partial charge in [-0.15, -0.1) is 0 Å². The van der Waals surface area contributed by atoms with Gasteiger partial charge in [-0.1, -0.05) is 19.8 Å². The molecule has 0 amide bonds. The van der Waals surface area contributed by atoms with E-state index >= 15 is 0 Å². The van der Waals surface area contributed by atoms with Crippen molar-refractivity contribution in [2.45, 2.75) is 51.0 Å². The summed E-state index contributed by atoms with van der Waals surface area (Å²) in [7, 11) is -3.57. The van der Waals surface area contributed by atoms with Crippen LogP contribution in [-0.2, 0) is 14.8 Å². The van der Waals surface area contributed by atoms with E-state index in [0.717, 1.165) is 12.8 Å². The van der Waals surface area contributed by atoms with E-state index < -0.39 is 16.0 Å². The van der Waals surface area contributed by atoms with Crippen LogP contribution in [0.3, 0.4) is 0 Å². The smallest absolute Gasteiger partial charge is 0.303 e. The zero-order valence-electron chi connectivity index (χ0n) is 12.4. The Morgan fingerprint density at radius 3 is 2.67 bits per heavy atom. The molecule has 1 aromatic heterocycles. The predicted molar refractivity (Wildman–Crippen MR) is 78.4 cm³/mol. The highest BCUT2D eigenvalue weighted by Crippen LogP contribution is 2.17. The maximum atomic E-state index is 12.0. The summed E-state index contributed by atoms with van der Waals surface area (Å²) in [6.45, 7) is 4.01. The van der Waals surface area contributed by atoms with Crippen LogP contribution in [0.2, 0.25) is 0 Å². The normalized spacial score (nSPS) is 13.2. The van der Waals surface area contributed by atoms with E-state index in [9.17, 15) is 13.2 Å².